The lowest BCUT2D eigenvalue weighted by Crippen LogP contribution is -2.12. The third-order valence-corrected chi connectivity index (χ3v) is 3.78. The smallest absolute Gasteiger partial charge is 0.305 e. The van der Waals surface area contributed by atoms with Gasteiger partial charge in [-0.2, -0.15) is 0 Å². The van der Waals surface area contributed by atoms with Crippen molar-refractivity contribution in [3.63, 3.8) is 0 Å². The number of methoxy groups -OCH3 is 1. The van der Waals surface area contributed by atoms with Crippen molar-refractivity contribution in [1.82, 2.24) is 0 Å². The van der Waals surface area contributed by atoms with Crippen LogP contribution in [0, 0.1) is 0 Å². The van der Waals surface area contributed by atoms with Crippen LogP contribution in [0.4, 0.5) is 0 Å². The van der Waals surface area contributed by atoms with Crippen molar-refractivity contribution in [3.05, 3.63) is 35.2 Å². The number of hydrogen-bond donors (Lipinski definition) is 1. The molecular formula is C13H15NO2S. The van der Waals surface area contributed by atoms with Gasteiger partial charge in [-0.05, 0) is 28.8 Å². The molecule has 4 heteroatoms. The summed E-state index contributed by atoms with van der Waals surface area (Å²) in [5, 5.41) is 3.27. The Labute approximate surface area is 104 Å². The number of ether oxygens (including phenoxy) is 1. The molecule has 2 aromatic rings. The van der Waals surface area contributed by atoms with E-state index >= 15 is 0 Å². The van der Waals surface area contributed by atoms with Crippen molar-refractivity contribution < 1.29 is 9.53 Å². The van der Waals surface area contributed by atoms with Crippen LogP contribution in [0.1, 0.15) is 24.4 Å². The Morgan fingerprint density at radius 1 is 1.47 bits per heavy atom. The summed E-state index contributed by atoms with van der Waals surface area (Å²) in [6, 6.07) is 8.06. The van der Waals surface area contributed by atoms with Crippen LogP contribution in [0.2, 0.25) is 0 Å². The van der Waals surface area contributed by atoms with Gasteiger partial charge >= 0.3 is 5.97 Å². The van der Waals surface area contributed by atoms with E-state index in [1.54, 1.807) is 11.3 Å². The van der Waals surface area contributed by atoms with Crippen LogP contribution in [-0.2, 0) is 9.53 Å². The predicted molar refractivity (Wildman–Crippen MR) is 70.0 cm³/mol. The first-order valence-electron chi connectivity index (χ1n) is 5.51. The molecule has 0 aliphatic heterocycles. The van der Waals surface area contributed by atoms with Gasteiger partial charge in [-0.15, -0.1) is 11.3 Å². The number of benzene rings is 1. The van der Waals surface area contributed by atoms with E-state index in [9.17, 15) is 4.79 Å². The summed E-state index contributed by atoms with van der Waals surface area (Å²) in [5.74, 6) is -0.208. The molecule has 1 atom stereocenters. The average Bonchev–Trinajstić information content (AvgIpc) is 2.79. The summed E-state index contributed by atoms with van der Waals surface area (Å²) in [6.45, 7) is 0. The number of nitrogens with two attached hydrogens (primary N) is 1. The monoisotopic (exact) mass is 249 g/mol. The summed E-state index contributed by atoms with van der Waals surface area (Å²) < 4.78 is 5.85. The second kappa shape index (κ2) is 5.29. The highest BCUT2D eigenvalue weighted by Gasteiger charge is 2.13. The summed E-state index contributed by atoms with van der Waals surface area (Å²) in [4.78, 5) is 11.1. The molecule has 0 saturated carbocycles. The zero-order valence-electron chi connectivity index (χ0n) is 9.68. The third-order valence-electron chi connectivity index (χ3n) is 2.80. The van der Waals surface area contributed by atoms with Crippen molar-refractivity contribution in [2.75, 3.05) is 7.11 Å². The van der Waals surface area contributed by atoms with Crippen molar-refractivity contribution in [2.24, 2.45) is 5.73 Å². The Balaban J connectivity index is 2.13. The van der Waals surface area contributed by atoms with Gasteiger partial charge in [-0.1, -0.05) is 18.2 Å². The topological polar surface area (TPSA) is 52.3 Å². The van der Waals surface area contributed by atoms with Gasteiger partial charge in [0.05, 0.1) is 7.11 Å². The van der Waals surface area contributed by atoms with Gasteiger partial charge in [0.25, 0.3) is 0 Å². The Morgan fingerprint density at radius 2 is 2.24 bits per heavy atom. The molecule has 0 amide bonds. The highest BCUT2D eigenvalue weighted by molar-refractivity contribution is 7.17. The first kappa shape index (κ1) is 12.1. The molecule has 2 rings (SSSR count). The molecule has 0 radical (unpaired) electrons. The highest BCUT2D eigenvalue weighted by Crippen LogP contribution is 2.30. The van der Waals surface area contributed by atoms with E-state index in [1.165, 1.54) is 17.2 Å². The molecule has 0 saturated heterocycles. The fourth-order valence-electron chi connectivity index (χ4n) is 1.82. The molecule has 1 aromatic heterocycles. The first-order chi connectivity index (χ1) is 8.22. The number of thiophene rings is 1. The Bertz CT molecular complexity index is 521. The maximum Gasteiger partial charge on any atom is 0.305 e. The van der Waals surface area contributed by atoms with E-state index in [0.717, 1.165) is 5.56 Å². The van der Waals surface area contributed by atoms with Gasteiger partial charge in [0.15, 0.2) is 0 Å². The number of rotatable bonds is 4. The summed E-state index contributed by atoms with van der Waals surface area (Å²) >= 11 is 1.69. The van der Waals surface area contributed by atoms with Gasteiger partial charge in [-0.3, -0.25) is 4.79 Å². The van der Waals surface area contributed by atoms with Crippen LogP contribution in [0.25, 0.3) is 10.1 Å². The molecule has 1 heterocycles. The van der Waals surface area contributed by atoms with Crippen LogP contribution in [0.3, 0.4) is 0 Å². The Kier molecular flexibility index (Phi) is 3.76. The number of fused-ring (bicyclic) bond motifs is 1. The lowest BCUT2D eigenvalue weighted by Gasteiger charge is -2.09. The number of hydrogen-bond acceptors (Lipinski definition) is 4. The van der Waals surface area contributed by atoms with Crippen LogP contribution >= 0.6 is 11.3 Å². The fraction of sp³-hybridized carbons (Fsp3) is 0.308. The molecular weight excluding hydrogens is 234 g/mol. The minimum Gasteiger partial charge on any atom is -0.469 e. The molecule has 17 heavy (non-hydrogen) atoms. The lowest BCUT2D eigenvalue weighted by molar-refractivity contribution is -0.140. The average molecular weight is 249 g/mol. The minimum absolute atomic E-state index is 0.106. The molecule has 1 unspecified atom stereocenters. The van der Waals surface area contributed by atoms with Crippen molar-refractivity contribution in [1.29, 1.82) is 0 Å². The maximum atomic E-state index is 11.1. The van der Waals surface area contributed by atoms with Gasteiger partial charge in [0.2, 0.25) is 0 Å². The third kappa shape index (κ3) is 2.65. The van der Waals surface area contributed by atoms with Crippen molar-refractivity contribution in [2.45, 2.75) is 18.9 Å². The van der Waals surface area contributed by atoms with Crippen LogP contribution < -0.4 is 5.73 Å². The second-order valence-corrected chi connectivity index (χ2v) is 4.82. The van der Waals surface area contributed by atoms with E-state index in [-0.39, 0.29) is 12.0 Å². The van der Waals surface area contributed by atoms with E-state index in [0.29, 0.717) is 12.8 Å². The Morgan fingerprint density at radius 3 is 3.00 bits per heavy atom. The fourth-order valence-corrected chi connectivity index (χ4v) is 2.84. The van der Waals surface area contributed by atoms with Gasteiger partial charge < -0.3 is 10.5 Å². The summed E-state index contributed by atoms with van der Waals surface area (Å²) in [6.07, 6.45) is 0.981. The standard InChI is InChI=1S/C13H15NO2S/c1-16-13(15)7-6-11(14)10-8-17-12-5-3-2-4-9(10)12/h2-5,8,11H,6-7,14H2,1H3. The van der Waals surface area contributed by atoms with Crippen LogP contribution in [0.15, 0.2) is 29.6 Å². The minimum atomic E-state index is -0.208. The summed E-state index contributed by atoms with van der Waals surface area (Å²) in [5.41, 5.74) is 7.23. The van der Waals surface area contributed by atoms with E-state index < -0.39 is 0 Å². The predicted octanol–water partition coefficient (Wildman–Crippen LogP) is 2.85. The SMILES string of the molecule is COC(=O)CCC(N)c1csc2ccccc12. The molecule has 0 spiro atoms. The zero-order chi connectivity index (χ0) is 12.3. The first-order valence-corrected chi connectivity index (χ1v) is 6.39. The molecule has 0 aliphatic carbocycles. The zero-order valence-corrected chi connectivity index (χ0v) is 10.5. The largest absolute Gasteiger partial charge is 0.469 e. The maximum absolute atomic E-state index is 11.1. The van der Waals surface area contributed by atoms with Crippen LogP contribution in [0.5, 0.6) is 0 Å². The van der Waals surface area contributed by atoms with Gasteiger partial charge in [0, 0.05) is 17.2 Å². The Hall–Kier alpha value is -1.39. The number of carbonyl (C=O) groups excluding carboxylic acids is 1. The number of esters is 1. The molecule has 0 aliphatic rings. The van der Waals surface area contributed by atoms with Crippen LogP contribution in [-0.4, -0.2) is 13.1 Å². The molecule has 0 bridgehead atoms. The molecule has 3 nitrogen and oxygen atoms in total. The lowest BCUT2D eigenvalue weighted by atomic mass is 10.0. The van der Waals surface area contributed by atoms with Gasteiger partial charge in [0.1, 0.15) is 0 Å². The molecule has 0 fully saturated rings. The quantitative estimate of drug-likeness (QED) is 0.848. The van der Waals surface area contributed by atoms with E-state index in [1.807, 2.05) is 12.1 Å². The van der Waals surface area contributed by atoms with E-state index in [2.05, 4.69) is 22.2 Å². The summed E-state index contributed by atoms with van der Waals surface area (Å²) in [7, 11) is 1.40. The molecule has 2 N–H and O–H groups in total. The number of carbonyl (C=O) groups is 1. The van der Waals surface area contributed by atoms with E-state index in [4.69, 9.17) is 5.73 Å². The normalized spacial score (nSPS) is 12.6. The molecule has 1 aromatic carbocycles. The van der Waals surface area contributed by atoms with Gasteiger partial charge in [-0.25, -0.2) is 0 Å². The second-order valence-electron chi connectivity index (χ2n) is 3.91. The van der Waals surface area contributed by atoms with Crippen molar-refractivity contribution >= 4 is 27.4 Å². The van der Waals surface area contributed by atoms with Crippen molar-refractivity contribution in [3.8, 4) is 0 Å². The molecule has 90 valence electrons. The highest BCUT2D eigenvalue weighted by atomic mass is 32.1.